The number of hydrogen-bond donors (Lipinski definition) is 0. The van der Waals surface area contributed by atoms with Crippen molar-refractivity contribution < 1.29 is 56.5 Å². The van der Waals surface area contributed by atoms with Crippen molar-refractivity contribution in [1.29, 1.82) is 0 Å². The molecule has 0 aromatic heterocycles. The molecule has 0 aromatic rings. The number of rotatable bonds is 33. The highest BCUT2D eigenvalue weighted by Gasteiger charge is 1.96. The number of hydrogen-bond acceptors (Lipinski definition) is 11. The summed E-state index contributed by atoms with van der Waals surface area (Å²) in [6.45, 7) is 9.75. The molecule has 0 aromatic carbocycles. The molecule has 37 heavy (non-hydrogen) atoms. The van der Waals surface area contributed by atoms with Gasteiger partial charge in [-0.2, -0.15) is 0 Å². The molecule has 0 saturated heterocycles. The van der Waals surface area contributed by atoms with Crippen LogP contribution in [0, 0.1) is 12.3 Å². The molecule has 0 heterocycles. The Morgan fingerprint density at radius 2 is 0.514 bits per heavy atom. The second-order valence-corrected chi connectivity index (χ2v) is 7.07. The van der Waals surface area contributed by atoms with Crippen LogP contribution in [0.25, 0.3) is 0 Å². The molecular formula is C25H47FO11. The summed E-state index contributed by atoms with van der Waals surface area (Å²) in [6.07, 6.45) is 5.07. The van der Waals surface area contributed by atoms with Crippen LogP contribution in [-0.2, 0) is 52.1 Å². The van der Waals surface area contributed by atoms with Crippen molar-refractivity contribution in [3.63, 3.8) is 0 Å². The normalized spacial score (nSPS) is 11.2. The van der Waals surface area contributed by atoms with E-state index < -0.39 is 6.67 Å². The van der Waals surface area contributed by atoms with E-state index in [4.69, 9.17) is 58.5 Å². The van der Waals surface area contributed by atoms with Crippen molar-refractivity contribution in [1.82, 2.24) is 0 Å². The van der Waals surface area contributed by atoms with E-state index >= 15 is 0 Å². The van der Waals surface area contributed by atoms with Gasteiger partial charge in [-0.05, 0) is 0 Å². The molecule has 0 bridgehead atoms. The van der Waals surface area contributed by atoms with E-state index in [1.165, 1.54) is 0 Å². The van der Waals surface area contributed by atoms with E-state index in [0.717, 1.165) is 0 Å². The van der Waals surface area contributed by atoms with Gasteiger partial charge in [0, 0.05) is 0 Å². The molecule has 220 valence electrons. The second kappa shape index (κ2) is 35.0. The lowest BCUT2D eigenvalue weighted by Gasteiger charge is -2.09. The predicted molar refractivity (Wildman–Crippen MR) is 134 cm³/mol. The summed E-state index contributed by atoms with van der Waals surface area (Å²) in [5, 5.41) is 0. The zero-order chi connectivity index (χ0) is 26.7. The van der Waals surface area contributed by atoms with Crippen LogP contribution < -0.4 is 0 Å². The van der Waals surface area contributed by atoms with E-state index in [1.807, 2.05) is 0 Å². The van der Waals surface area contributed by atoms with Gasteiger partial charge < -0.3 is 52.1 Å². The van der Waals surface area contributed by atoms with Gasteiger partial charge in [0.05, 0.1) is 139 Å². The summed E-state index contributed by atoms with van der Waals surface area (Å²) in [5.41, 5.74) is 0. The first kappa shape index (κ1) is 36.0. The van der Waals surface area contributed by atoms with Gasteiger partial charge >= 0.3 is 0 Å². The molecule has 0 amide bonds. The van der Waals surface area contributed by atoms with Crippen LogP contribution in [0.2, 0.25) is 0 Å². The molecule has 11 nitrogen and oxygen atoms in total. The van der Waals surface area contributed by atoms with Gasteiger partial charge in [-0.3, -0.25) is 0 Å². The summed E-state index contributed by atoms with van der Waals surface area (Å²) < 4.78 is 70.3. The van der Waals surface area contributed by atoms with Gasteiger partial charge in [0.15, 0.2) is 0 Å². The Labute approximate surface area is 221 Å². The minimum Gasteiger partial charge on any atom is -0.377 e. The van der Waals surface area contributed by atoms with Crippen molar-refractivity contribution in [2.45, 2.75) is 0 Å². The lowest BCUT2D eigenvalue weighted by molar-refractivity contribution is -0.0273. The highest BCUT2D eigenvalue weighted by Crippen LogP contribution is 1.87. The molecular weight excluding hydrogens is 495 g/mol. The fourth-order valence-corrected chi connectivity index (χ4v) is 2.38. The zero-order valence-electron chi connectivity index (χ0n) is 22.2. The van der Waals surface area contributed by atoms with Crippen LogP contribution in [0.4, 0.5) is 4.39 Å². The Balaban J connectivity index is 3.01. The average molecular weight is 543 g/mol. The van der Waals surface area contributed by atoms with E-state index in [9.17, 15) is 4.39 Å². The maximum Gasteiger partial charge on any atom is 0.113 e. The third-order valence-electron chi connectivity index (χ3n) is 4.13. The van der Waals surface area contributed by atoms with E-state index in [1.54, 1.807) is 0 Å². The molecule has 12 heteroatoms. The Bertz CT molecular complexity index is 455. The predicted octanol–water partition coefficient (Wildman–Crippen LogP) is 0.772. The fourth-order valence-electron chi connectivity index (χ4n) is 2.38. The number of ether oxygens (including phenoxy) is 11. The lowest BCUT2D eigenvalue weighted by atomic mass is 10.6. The Hall–Kier alpha value is -0.950. The summed E-state index contributed by atoms with van der Waals surface area (Å²) in [4.78, 5) is 0. The molecule has 0 aliphatic heterocycles. The minimum atomic E-state index is -0.474. The summed E-state index contributed by atoms with van der Waals surface area (Å²) in [5.74, 6) is 2.39. The van der Waals surface area contributed by atoms with Crippen LogP contribution in [0.3, 0.4) is 0 Å². The largest absolute Gasteiger partial charge is 0.377 e. The highest BCUT2D eigenvalue weighted by molar-refractivity contribution is 4.82. The Morgan fingerprint density at radius 1 is 0.324 bits per heavy atom. The molecule has 0 saturated carbocycles. The first-order chi connectivity index (χ1) is 18.4. The van der Waals surface area contributed by atoms with Crippen molar-refractivity contribution in [3.8, 4) is 12.3 Å². The van der Waals surface area contributed by atoms with Crippen molar-refractivity contribution in [3.05, 3.63) is 0 Å². The molecule has 0 rings (SSSR count). The van der Waals surface area contributed by atoms with E-state index in [0.29, 0.717) is 139 Å². The maximum atomic E-state index is 11.8. The number of terminal acetylenes is 1. The quantitative estimate of drug-likeness (QED) is 0.0868. The topological polar surface area (TPSA) is 102 Å². The summed E-state index contributed by atoms with van der Waals surface area (Å²) >= 11 is 0. The SMILES string of the molecule is C#CCOCCOCCOCCOCCOCCOCCOCCOCCOCCOCCOCCF. The van der Waals surface area contributed by atoms with Crippen molar-refractivity contribution in [2.75, 3.05) is 152 Å². The molecule has 0 unspecified atom stereocenters. The maximum absolute atomic E-state index is 11.8. The molecule has 0 radical (unpaired) electrons. The third-order valence-corrected chi connectivity index (χ3v) is 4.13. The first-order valence-corrected chi connectivity index (χ1v) is 12.8. The van der Waals surface area contributed by atoms with E-state index in [-0.39, 0.29) is 6.61 Å². The second-order valence-electron chi connectivity index (χ2n) is 7.07. The van der Waals surface area contributed by atoms with Gasteiger partial charge in [-0.1, -0.05) is 5.92 Å². The smallest absolute Gasteiger partial charge is 0.113 e. The van der Waals surface area contributed by atoms with Crippen molar-refractivity contribution >= 4 is 0 Å². The molecule has 0 spiro atoms. The third kappa shape index (κ3) is 35.0. The standard InChI is InChI=1S/C25H47FO11/c1-2-4-27-6-8-29-10-12-31-14-16-33-18-20-35-22-24-37-25-23-36-21-19-34-17-15-32-13-11-30-9-7-28-5-3-26/h1H,3-25H2. The first-order valence-electron chi connectivity index (χ1n) is 12.8. The number of halogens is 1. The van der Waals surface area contributed by atoms with Crippen LogP contribution >= 0.6 is 0 Å². The van der Waals surface area contributed by atoms with Crippen LogP contribution in [0.15, 0.2) is 0 Å². The number of alkyl halides is 1. The molecule has 0 fully saturated rings. The fraction of sp³-hybridized carbons (Fsp3) is 0.920. The van der Waals surface area contributed by atoms with Gasteiger partial charge in [-0.25, -0.2) is 4.39 Å². The highest BCUT2D eigenvalue weighted by atomic mass is 19.1. The molecule has 0 N–H and O–H groups in total. The van der Waals surface area contributed by atoms with Gasteiger partial charge in [0.1, 0.15) is 13.3 Å². The zero-order valence-corrected chi connectivity index (χ0v) is 22.2. The van der Waals surface area contributed by atoms with Gasteiger partial charge in [0.25, 0.3) is 0 Å². The molecule has 0 atom stereocenters. The Kier molecular flexibility index (Phi) is 34.2. The summed E-state index contributed by atoms with van der Waals surface area (Å²) in [7, 11) is 0. The van der Waals surface area contributed by atoms with Gasteiger partial charge in [-0.15, -0.1) is 6.42 Å². The van der Waals surface area contributed by atoms with Crippen LogP contribution in [0.5, 0.6) is 0 Å². The van der Waals surface area contributed by atoms with E-state index in [2.05, 4.69) is 5.92 Å². The van der Waals surface area contributed by atoms with Crippen molar-refractivity contribution in [2.24, 2.45) is 0 Å². The molecule has 0 aliphatic carbocycles. The summed E-state index contributed by atoms with van der Waals surface area (Å²) in [6, 6.07) is 0. The van der Waals surface area contributed by atoms with Crippen LogP contribution in [0.1, 0.15) is 0 Å². The van der Waals surface area contributed by atoms with Gasteiger partial charge in [0.2, 0.25) is 0 Å². The monoisotopic (exact) mass is 542 g/mol. The minimum absolute atomic E-state index is 0.114. The molecule has 0 aliphatic rings. The lowest BCUT2D eigenvalue weighted by Crippen LogP contribution is -2.15. The van der Waals surface area contributed by atoms with Crippen LogP contribution in [-0.4, -0.2) is 152 Å². The Morgan fingerprint density at radius 3 is 0.703 bits per heavy atom. The average Bonchev–Trinajstić information content (AvgIpc) is 2.91.